The van der Waals surface area contributed by atoms with Crippen molar-refractivity contribution in [2.75, 3.05) is 45.8 Å². The van der Waals surface area contributed by atoms with E-state index in [0.717, 1.165) is 50.4 Å². The fourth-order valence-electron chi connectivity index (χ4n) is 3.59. The molecular formula is C23H31N5O2. The van der Waals surface area contributed by atoms with Crippen molar-refractivity contribution in [1.29, 1.82) is 0 Å². The molecule has 1 aliphatic rings. The lowest BCUT2D eigenvalue weighted by molar-refractivity contribution is -0.133. The minimum Gasteiger partial charge on any atom is -0.340 e. The number of piperazine rings is 1. The molecule has 1 fully saturated rings. The zero-order chi connectivity index (χ0) is 21.3. The third-order valence-corrected chi connectivity index (χ3v) is 5.57. The molecule has 0 bridgehead atoms. The smallest absolute Gasteiger partial charge is 0.274 e. The van der Waals surface area contributed by atoms with Crippen molar-refractivity contribution >= 4 is 11.8 Å². The molecule has 1 aromatic carbocycles. The minimum absolute atomic E-state index is 0.109. The van der Waals surface area contributed by atoms with Gasteiger partial charge in [-0.3, -0.25) is 14.6 Å². The highest BCUT2D eigenvalue weighted by molar-refractivity contribution is 5.92. The first kappa shape index (κ1) is 21.9. The number of likely N-dealkylation sites (N-methyl/N-ethyl adjacent to an activating group) is 1. The van der Waals surface area contributed by atoms with E-state index in [1.54, 1.807) is 11.1 Å². The Morgan fingerprint density at radius 2 is 1.73 bits per heavy atom. The van der Waals surface area contributed by atoms with Crippen LogP contribution in [0.2, 0.25) is 0 Å². The van der Waals surface area contributed by atoms with Crippen molar-refractivity contribution in [3.8, 4) is 0 Å². The number of hydrogen-bond acceptors (Lipinski definition) is 5. The van der Waals surface area contributed by atoms with Gasteiger partial charge in [-0.15, -0.1) is 0 Å². The highest BCUT2D eigenvalue weighted by atomic mass is 16.2. The van der Waals surface area contributed by atoms with Gasteiger partial charge in [-0.25, -0.2) is 4.98 Å². The van der Waals surface area contributed by atoms with Gasteiger partial charge < -0.3 is 14.7 Å². The number of aromatic nitrogens is 2. The second-order valence-electron chi connectivity index (χ2n) is 7.64. The quantitative estimate of drug-likeness (QED) is 0.667. The molecule has 2 heterocycles. The number of rotatable bonds is 8. The Morgan fingerprint density at radius 1 is 1.00 bits per heavy atom. The van der Waals surface area contributed by atoms with Gasteiger partial charge in [-0.05, 0) is 25.5 Å². The molecule has 1 saturated heterocycles. The summed E-state index contributed by atoms with van der Waals surface area (Å²) in [6, 6.07) is 10.1. The fraction of sp³-hybridized carbons (Fsp3) is 0.478. The van der Waals surface area contributed by atoms with E-state index in [2.05, 4.69) is 21.8 Å². The molecule has 0 aliphatic carbocycles. The van der Waals surface area contributed by atoms with Crippen molar-refractivity contribution in [3.05, 3.63) is 59.7 Å². The molecule has 0 unspecified atom stereocenters. The van der Waals surface area contributed by atoms with E-state index in [9.17, 15) is 9.59 Å². The lowest BCUT2D eigenvalue weighted by Gasteiger charge is -2.34. The monoisotopic (exact) mass is 409 g/mol. The molecule has 0 radical (unpaired) electrons. The topological polar surface area (TPSA) is 69.6 Å². The van der Waals surface area contributed by atoms with Crippen LogP contribution >= 0.6 is 0 Å². The van der Waals surface area contributed by atoms with Crippen LogP contribution < -0.4 is 0 Å². The summed E-state index contributed by atoms with van der Waals surface area (Å²) in [6.45, 7) is 9.26. The van der Waals surface area contributed by atoms with Crippen LogP contribution in [0.5, 0.6) is 0 Å². The van der Waals surface area contributed by atoms with Gasteiger partial charge in [0.05, 0.1) is 11.9 Å². The summed E-state index contributed by atoms with van der Waals surface area (Å²) in [5.74, 6) is -0.0692. The summed E-state index contributed by atoms with van der Waals surface area (Å²) in [6.07, 6.45) is 4.17. The van der Waals surface area contributed by atoms with Gasteiger partial charge in [0, 0.05) is 51.9 Å². The van der Waals surface area contributed by atoms with E-state index in [1.165, 1.54) is 6.20 Å². The van der Waals surface area contributed by atoms with E-state index in [0.29, 0.717) is 25.2 Å². The lowest BCUT2D eigenvalue weighted by atomic mass is 10.1. The SMILES string of the molecule is CCN1CCN(C(=O)CCN(CCc2ccccc2)C(=O)c2cnc(C)cn2)CC1. The predicted molar refractivity (Wildman–Crippen MR) is 116 cm³/mol. The Bertz CT molecular complexity index is 817. The molecule has 2 aromatic rings. The van der Waals surface area contributed by atoms with Crippen LogP contribution in [0.3, 0.4) is 0 Å². The highest BCUT2D eigenvalue weighted by Crippen LogP contribution is 2.09. The molecule has 0 N–H and O–H groups in total. The Labute approximate surface area is 178 Å². The summed E-state index contributed by atoms with van der Waals surface area (Å²) in [4.78, 5) is 40.2. The maximum atomic E-state index is 13.0. The van der Waals surface area contributed by atoms with Gasteiger partial charge in [0.15, 0.2) is 0 Å². The normalized spacial score (nSPS) is 14.5. The molecule has 0 saturated carbocycles. The summed E-state index contributed by atoms with van der Waals surface area (Å²) in [5, 5.41) is 0. The summed E-state index contributed by atoms with van der Waals surface area (Å²) >= 11 is 0. The van der Waals surface area contributed by atoms with Crippen molar-refractivity contribution in [1.82, 2.24) is 24.7 Å². The molecule has 160 valence electrons. The first-order chi connectivity index (χ1) is 14.6. The van der Waals surface area contributed by atoms with Crippen molar-refractivity contribution in [2.24, 2.45) is 0 Å². The number of amides is 2. The summed E-state index contributed by atoms with van der Waals surface area (Å²) in [7, 11) is 0. The van der Waals surface area contributed by atoms with Crippen LogP contribution in [-0.4, -0.2) is 82.3 Å². The van der Waals surface area contributed by atoms with Gasteiger partial charge in [-0.2, -0.15) is 0 Å². The fourth-order valence-corrected chi connectivity index (χ4v) is 3.59. The maximum Gasteiger partial charge on any atom is 0.274 e. The van der Waals surface area contributed by atoms with Gasteiger partial charge in [0.2, 0.25) is 5.91 Å². The van der Waals surface area contributed by atoms with E-state index in [4.69, 9.17) is 0 Å². The van der Waals surface area contributed by atoms with Crippen molar-refractivity contribution in [3.63, 3.8) is 0 Å². The Balaban J connectivity index is 1.62. The molecule has 1 aromatic heterocycles. The molecule has 30 heavy (non-hydrogen) atoms. The van der Waals surface area contributed by atoms with Gasteiger partial charge in [0.25, 0.3) is 5.91 Å². The van der Waals surface area contributed by atoms with Crippen LogP contribution in [-0.2, 0) is 11.2 Å². The molecule has 0 spiro atoms. The van der Waals surface area contributed by atoms with Gasteiger partial charge >= 0.3 is 0 Å². The molecule has 0 atom stereocenters. The largest absolute Gasteiger partial charge is 0.340 e. The third kappa shape index (κ3) is 6.10. The molecule has 7 nitrogen and oxygen atoms in total. The number of nitrogens with zero attached hydrogens (tertiary/aromatic N) is 5. The second-order valence-corrected chi connectivity index (χ2v) is 7.64. The third-order valence-electron chi connectivity index (χ3n) is 5.57. The van der Waals surface area contributed by atoms with E-state index >= 15 is 0 Å². The number of hydrogen-bond donors (Lipinski definition) is 0. The predicted octanol–water partition coefficient (Wildman–Crippen LogP) is 2.02. The second kappa shape index (κ2) is 10.8. The van der Waals surface area contributed by atoms with Gasteiger partial charge in [0.1, 0.15) is 5.69 Å². The van der Waals surface area contributed by atoms with Crippen LogP contribution in [0, 0.1) is 6.92 Å². The zero-order valence-corrected chi connectivity index (χ0v) is 18.0. The summed E-state index contributed by atoms with van der Waals surface area (Å²) in [5.41, 5.74) is 2.24. The van der Waals surface area contributed by atoms with Crippen LogP contribution in [0.1, 0.15) is 35.1 Å². The average molecular weight is 410 g/mol. The van der Waals surface area contributed by atoms with Crippen molar-refractivity contribution in [2.45, 2.75) is 26.7 Å². The maximum absolute atomic E-state index is 13.0. The average Bonchev–Trinajstić information content (AvgIpc) is 2.79. The number of carbonyl (C=O) groups excluding carboxylic acids is 2. The van der Waals surface area contributed by atoms with Crippen LogP contribution in [0.25, 0.3) is 0 Å². The lowest BCUT2D eigenvalue weighted by Crippen LogP contribution is -2.49. The summed E-state index contributed by atoms with van der Waals surface area (Å²) < 4.78 is 0. The number of benzene rings is 1. The highest BCUT2D eigenvalue weighted by Gasteiger charge is 2.23. The standard InChI is InChI=1S/C23H31N5O2/c1-3-26-13-15-27(16-14-26)22(29)10-12-28(11-9-20-7-5-4-6-8-20)23(30)21-18-24-19(2)17-25-21/h4-8,17-18H,3,9-16H2,1-2H3. The molecule has 1 aliphatic heterocycles. The van der Waals surface area contributed by atoms with E-state index in [-0.39, 0.29) is 11.8 Å². The Hall–Kier alpha value is -2.80. The molecule has 2 amide bonds. The van der Waals surface area contributed by atoms with Crippen LogP contribution in [0.4, 0.5) is 0 Å². The first-order valence-corrected chi connectivity index (χ1v) is 10.7. The molecular weight excluding hydrogens is 378 g/mol. The van der Waals surface area contributed by atoms with E-state index < -0.39 is 0 Å². The Kier molecular flexibility index (Phi) is 7.90. The van der Waals surface area contributed by atoms with E-state index in [1.807, 2.05) is 42.2 Å². The van der Waals surface area contributed by atoms with Crippen LogP contribution in [0.15, 0.2) is 42.7 Å². The van der Waals surface area contributed by atoms with Gasteiger partial charge in [-0.1, -0.05) is 37.3 Å². The van der Waals surface area contributed by atoms with Crippen molar-refractivity contribution < 1.29 is 9.59 Å². The Morgan fingerprint density at radius 3 is 2.37 bits per heavy atom. The molecule has 7 heteroatoms. The number of carbonyl (C=O) groups is 2. The zero-order valence-electron chi connectivity index (χ0n) is 18.0. The minimum atomic E-state index is -0.179. The first-order valence-electron chi connectivity index (χ1n) is 10.7. The molecule has 3 rings (SSSR count). The number of aryl methyl sites for hydroxylation is 1.